The highest BCUT2D eigenvalue weighted by Crippen LogP contribution is 2.64. The Hall–Kier alpha value is -6.28. The van der Waals surface area contributed by atoms with Gasteiger partial charge in [0.05, 0.1) is 51.3 Å². The van der Waals surface area contributed by atoms with Crippen LogP contribution in [0.3, 0.4) is 0 Å². The number of benzene rings is 1. The van der Waals surface area contributed by atoms with E-state index >= 15 is 0 Å². The standard InChI is InChI=1S/C46H46N6O5/c1-8-28-23(3)34-20-39-46(9-2)32-16-26(22-53)10-13-38(32)52(7)44-27(21-47)17-31(43(51-39)45(44,46)6)42-25(5)30(12-15-41(56)57)37(50-42)19-36-29(11-14-40(54)55)24(4)33(48-36)18-35(28)49-34/h10,13,16-20,22,44,48-49H,8-9,11-12,14-15H2,1-7H3,(H,54,55)(H,56,57). The maximum absolute atomic E-state index is 12.4. The summed E-state index contributed by atoms with van der Waals surface area (Å²) < 4.78 is 0. The van der Waals surface area contributed by atoms with E-state index in [4.69, 9.17) is 9.97 Å². The molecule has 0 fully saturated rings. The molecule has 3 aromatic heterocycles. The summed E-state index contributed by atoms with van der Waals surface area (Å²) in [7, 11) is 2.00. The zero-order chi connectivity index (χ0) is 40.7. The number of nitrogens with one attached hydrogen (secondary N) is 2. The third-order valence-electron chi connectivity index (χ3n) is 13.4. The third-order valence-corrected chi connectivity index (χ3v) is 13.4. The van der Waals surface area contributed by atoms with Gasteiger partial charge in [0.1, 0.15) is 6.29 Å². The Morgan fingerprint density at radius 2 is 1.60 bits per heavy atom. The highest BCUT2D eigenvalue weighted by atomic mass is 16.4. The predicted octanol–water partition coefficient (Wildman–Crippen LogP) is 8.51. The number of carbonyl (C=O) groups is 3. The van der Waals surface area contributed by atoms with Crippen molar-refractivity contribution in [1.29, 1.82) is 5.26 Å². The van der Waals surface area contributed by atoms with Crippen LogP contribution in [0.15, 0.2) is 42.0 Å². The van der Waals surface area contributed by atoms with E-state index < -0.39 is 28.8 Å². The summed E-state index contributed by atoms with van der Waals surface area (Å²) in [5.74, 6) is -1.84. The van der Waals surface area contributed by atoms with Crippen LogP contribution >= 0.6 is 0 Å². The molecule has 8 rings (SSSR count). The highest BCUT2D eigenvalue weighted by Gasteiger charge is 2.66. The molecule has 0 saturated heterocycles. The number of aryl methyl sites for hydroxylation is 4. The number of fused-ring (bicyclic) bond motifs is 11. The lowest BCUT2D eigenvalue weighted by Gasteiger charge is -2.57. The van der Waals surface area contributed by atoms with E-state index in [9.17, 15) is 29.9 Å². The Balaban J connectivity index is 1.61. The molecule has 290 valence electrons. The molecule has 11 nitrogen and oxygen atoms in total. The second-order valence-electron chi connectivity index (χ2n) is 16.0. The summed E-state index contributed by atoms with van der Waals surface area (Å²) in [6, 6.07) is 14.1. The Morgan fingerprint density at radius 1 is 0.930 bits per heavy atom. The van der Waals surface area contributed by atoms with Crippen molar-refractivity contribution in [3.05, 3.63) is 104 Å². The van der Waals surface area contributed by atoms with Crippen molar-refractivity contribution in [2.45, 2.75) is 96.9 Å². The molecule has 3 atom stereocenters. The van der Waals surface area contributed by atoms with E-state index in [0.717, 1.165) is 85.3 Å². The summed E-state index contributed by atoms with van der Waals surface area (Å²) in [4.78, 5) is 56.7. The number of aliphatic carboxylic acids is 2. The van der Waals surface area contributed by atoms with Crippen molar-refractivity contribution in [3.63, 3.8) is 0 Å². The van der Waals surface area contributed by atoms with Gasteiger partial charge in [-0.25, -0.2) is 4.98 Å². The van der Waals surface area contributed by atoms with Gasteiger partial charge >= 0.3 is 11.9 Å². The van der Waals surface area contributed by atoms with E-state index in [1.54, 1.807) is 0 Å². The first kappa shape index (κ1) is 37.6. The van der Waals surface area contributed by atoms with Crippen LogP contribution in [0.2, 0.25) is 0 Å². The second-order valence-corrected chi connectivity index (χ2v) is 16.0. The minimum atomic E-state index is -0.933. The number of aldehydes is 1. The molecular formula is C46H46N6O5. The minimum absolute atomic E-state index is 0.0621. The van der Waals surface area contributed by atoms with Crippen LogP contribution in [0.4, 0.5) is 5.69 Å². The minimum Gasteiger partial charge on any atom is -0.481 e. The molecule has 0 amide bonds. The van der Waals surface area contributed by atoms with Crippen molar-refractivity contribution in [2.24, 2.45) is 0 Å². The summed E-state index contributed by atoms with van der Waals surface area (Å²) in [5, 5.41) is 30.5. The number of hydrogen-bond donors (Lipinski definition) is 4. The van der Waals surface area contributed by atoms with Gasteiger partial charge in [0.2, 0.25) is 0 Å². The molecule has 4 aliphatic rings. The Labute approximate surface area is 330 Å². The molecule has 8 bridgehead atoms. The third kappa shape index (κ3) is 5.26. The number of H-pyrrole nitrogens is 2. The molecule has 11 heteroatoms. The first-order valence-electron chi connectivity index (χ1n) is 19.6. The zero-order valence-electron chi connectivity index (χ0n) is 33.3. The molecule has 3 unspecified atom stereocenters. The maximum atomic E-state index is 12.4. The quantitative estimate of drug-likeness (QED) is 0.122. The number of carboxylic acid groups (broad SMARTS) is 2. The number of nitrogens with zero attached hydrogens (tertiary/aromatic N) is 4. The van der Waals surface area contributed by atoms with Crippen LogP contribution in [0.5, 0.6) is 0 Å². The number of hydrogen-bond acceptors (Lipinski definition) is 7. The predicted molar refractivity (Wildman–Crippen MR) is 221 cm³/mol. The first-order chi connectivity index (χ1) is 27.2. The van der Waals surface area contributed by atoms with Gasteiger partial charge in [0, 0.05) is 58.8 Å². The van der Waals surface area contributed by atoms with Crippen LogP contribution < -0.4 is 4.90 Å². The summed E-state index contributed by atoms with van der Waals surface area (Å²) in [5.41, 5.74) is 13.9. The number of rotatable bonds is 9. The molecule has 3 aliphatic heterocycles. The number of aromatic nitrogens is 4. The lowest BCUT2D eigenvalue weighted by Crippen LogP contribution is -2.63. The van der Waals surface area contributed by atoms with Gasteiger partial charge < -0.3 is 25.1 Å². The van der Waals surface area contributed by atoms with Gasteiger partial charge in [-0.15, -0.1) is 0 Å². The van der Waals surface area contributed by atoms with Crippen LogP contribution in [0.25, 0.3) is 39.3 Å². The Kier molecular flexibility index (Phi) is 8.87. The average molecular weight is 763 g/mol. The van der Waals surface area contributed by atoms with Crippen LogP contribution in [0, 0.1) is 25.2 Å². The fraction of sp³-hybridized carbons (Fsp3) is 0.348. The zero-order valence-corrected chi connectivity index (χ0v) is 33.3. The number of nitriles is 1. The molecule has 0 radical (unpaired) electrons. The Morgan fingerprint density at radius 3 is 2.25 bits per heavy atom. The van der Waals surface area contributed by atoms with E-state index in [1.165, 1.54) is 0 Å². The molecule has 4 aromatic rings. The largest absolute Gasteiger partial charge is 0.481 e. The number of carboxylic acids is 2. The maximum Gasteiger partial charge on any atom is 0.303 e. The van der Waals surface area contributed by atoms with E-state index in [1.807, 2.05) is 51.2 Å². The van der Waals surface area contributed by atoms with Crippen LogP contribution in [-0.4, -0.2) is 61.5 Å². The van der Waals surface area contributed by atoms with Gasteiger partial charge in [-0.1, -0.05) is 20.8 Å². The van der Waals surface area contributed by atoms with Crippen molar-refractivity contribution >= 4 is 63.2 Å². The SMILES string of the molecule is CCc1c(C)c2cc3nc4c(c5nc(cc6[nH]c(cc1[nH]2)c(C)c6CCC(=O)O)C(CCC(=O)O)=C5C)C=C(C#N)C1N(C)c2ccc(C=O)cc2C3(CC)C41C. The van der Waals surface area contributed by atoms with Crippen molar-refractivity contribution < 1.29 is 24.6 Å². The molecule has 0 saturated carbocycles. The van der Waals surface area contributed by atoms with Crippen molar-refractivity contribution in [3.8, 4) is 6.07 Å². The van der Waals surface area contributed by atoms with Gasteiger partial charge in [-0.05, 0) is 128 Å². The number of likely N-dealkylation sites (N-methyl/N-ethyl adjacent to an activating group) is 1. The van der Waals surface area contributed by atoms with Gasteiger partial charge in [-0.2, -0.15) is 5.26 Å². The van der Waals surface area contributed by atoms with E-state index in [2.05, 4.69) is 60.8 Å². The lowest BCUT2D eigenvalue weighted by atomic mass is 9.50. The average Bonchev–Trinajstić information content (AvgIpc) is 3.84. The second kappa shape index (κ2) is 13.4. The fourth-order valence-corrected chi connectivity index (χ4v) is 10.6. The van der Waals surface area contributed by atoms with Gasteiger partial charge in [0.25, 0.3) is 0 Å². The van der Waals surface area contributed by atoms with Crippen LogP contribution in [0.1, 0.15) is 120 Å². The van der Waals surface area contributed by atoms with E-state index in [0.29, 0.717) is 40.0 Å². The van der Waals surface area contributed by atoms with Crippen LogP contribution in [-0.2, 0) is 33.3 Å². The summed E-state index contributed by atoms with van der Waals surface area (Å²) in [6.45, 7) is 12.5. The molecule has 57 heavy (non-hydrogen) atoms. The first-order valence-corrected chi connectivity index (χ1v) is 19.6. The number of allylic oxidation sites excluding steroid dienone is 2. The summed E-state index contributed by atoms with van der Waals surface area (Å²) in [6.07, 6.45) is 4.49. The van der Waals surface area contributed by atoms with E-state index in [-0.39, 0.29) is 25.7 Å². The number of anilines is 1. The monoisotopic (exact) mass is 762 g/mol. The molecule has 6 heterocycles. The Bertz CT molecular complexity index is 2740. The van der Waals surface area contributed by atoms with Crippen molar-refractivity contribution in [1.82, 2.24) is 19.9 Å². The summed E-state index contributed by atoms with van der Waals surface area (Å²) >= 11 is 0. The van der Waals surface area contributed by atoms with Crippen molar-refractivity contribution in [2.75, 3.05) is 11.9 Å². The van der Waals surface area contributed by atoms with Gasteiger partial charge in [0.15, 0.2) is 0 Å². The molecule has 4 N–H and O–H groups in total. The molecule has 0 spiro atoms. The fourth-order valence-electron chi connectivity index (χ4n) is 10.6. The van der Waals surface area contributed by atoms with Gasteiger partial charge in [-0.3, -0.25) is 19.4 Å². The highest BCUT2D eigenvalue weighted by molar-refractivity contribution is 5.96. The lowest BCUT2D eigenvalue weighted by molar-refractivity contribution is -0.137. The number of aromatic amines is 2. The topological polar surface area (TPSA) is 176 Å². The normalized spacial score (nSPS) is 20.6. The smallest absolute Gasteiger partial charge is 0.303 e. The molecule has 1 aliphatic carbocycles. The number of carbonyl (C=O) groups excluding carboxylic acids is 1. The molecule has 1 aromatic carbocycles. The molecular weight excluding hydrogens is 717 g/mol.